The minimum Gasteiger partial charge on any atom is -0.493 e. The van der Waals surface area contributed by atoms with E-state index in [1.807, 2.05) is 42.1 Å². The van der Waals surface area contributed by atoms with Crippen LogP contribution in [0.25, 0.3) is 10.9 Å². The van der Waals surface area contributed by atoms with E-state index >= 15 is 0 Å². The van der Waals surface area contributed by atoms with Gasteiger partial charge in [0.15, 0.2) is 6.29 Å². The molecule has 7 heteroatoms. The van der Waals surface area contributed by atoms with Gasteiger partial charge in [0.05, 0.1) is 18.4 Å². The fourth-order valence-electron chi connectivity index (χ4n) is 3.95. The van der Waals surface area contributed by atoms with Gasteiger partial charge < -0.3 is 19.5 Å². The summed E-state index contributed by atoms with van der Waals surface area (Å²) in [6, 6.07) is 14.8. The van der Waals surface area contributed by atoms with Crippen LogP contribution in [0, 0.1) is 0 Å². The normalized spacial score (nSPS) is 19.2. The number of aliphatic hydroxyl groups excluding tert-OH is 1. The average molecular weight is 394 g/mol. The Morgan fingerprint density at radius 1 is 1.07 bits per heavy atom. The molecule has 1 aromatic heterocycles. The quantitative estimate of drug-likeness (QED) is 0.437. The first-order chi connectivity index (χ1) is 14.0. The van der Waals surface area contributed by atoms with Crippen molar-refractivity contribution < 1.29 is 24.5 Å². The van der Waals surface area contributed by atoms with E-state index in [2.05, 4.69) is 5.32 Å². The largest absolute Gasteiger partial charge is 0.493 e. The van der Waals surface area contributed by atoms with Crippen LogP contribution >= 0.6 is 0 Å². The summed E-state index contributed by atoms with van der Waals surface area (Å²) in [7, 11) is 1.92. The first-order valence-corrected chi connectivity index (χ1v) is 9.43. The number of ether oxygens (including phenoxy) is 1. The molecule has 0 spiro atoms. The van der Waals surface area contributed by atoms with Gasteiger partial charge in [0.2, 0.25) is 11.8 Å². The maximum atomic E-state index is 12.7. The molecule has 29 heavy (non-hydrogen) atoms. The first kappa shape index (κ1) is 19.2. The molecule has 150 valence electrons. The fourth-order valence-corrected chi connectivity index (χ4v) is 3.95. The first-order valence-electron chi connectivity index (χ1n) is 9.43. The van der Waals surface area contributed by atoms with Crippen molar-refractivity contribution >= 4 is 22.7 Å². The Labute approximate surface area is 167 Å². The van der Waals surface area contributed by atoms with Crippen molar-refractivity contribution in [2.75, 3.05) is 6.61 Å². The molecule has 7 nitrogen and oxygen atoms in total. The van der Waals surface area contributed by atoms with Crippen LogP contribution in [0.2, 0.25) is 0 Å². The lowest BCUT2D eigenvalue weighted by Crippen LogP contribution is -2.21. The number of imide groups is 1. The predicted molar refractivity (Wildman–Crippen MR) is 106 cm³/mol. The Kier molecular flexibility index (Phi) is 5.08. The van der Waals surface area contributed by atoms with E-state index in [1.165, 1.54) is 0 Å². The Balaban J connectivity index is 1.70. The number of hydrogen-bond acceptors (Lipinski definition) is 5. The Morgan fingerprint density at radius 3 is 2.62 bits per heavy atom. The SMILES string of the molecule is Cn1cc([C@@H]2C(=O)NC(=O)[C@H]2c2cccc(OCCC(O)O)c2)c2ccccc21. The third kappa shape index (κ3) is 3.62. The maximum Gasteiger partial charge on any atom is 0.235 e. The number of aliphatic hydroxyl groups is 2. The monoisotopic (exact) mass is 394 g/mol. The van der Waals surface area contributed by atoms with Crippen molar-refractivity contribution in [2.24, 2.45) is 7.05 Å². The lowest BCUT2D eigenvalue weighted by Gasteiger charge is -2.17. The van der Waals surface area contributed by atoms with Gasteiger partial charge in [0, 0.05) is 30.6 Å². The summed E-state index contributed by atoms with van der Waals surface area (Å²) in [5.74, 6) is -1.45. The fraction of sp³-hybridized carbons (Fsp3) is 0.273. The predicted octanol–water partition coefficient (Wildman–Crippen LogP) is 1.78. The van der Waals surface area contributed by atoms with Crippen LogP contribution in [-0.4, -0.2) is 39.5 Å². The number of nitrogens with zero attached hydrogens (tertiary/aromatic N) is 1. The van der Waals surface area contributed by atoms with Crippen molar-refractivity contribution in [3.05, 3.63) is 65.9 Å². The van der Waals surface area contributed by atoms with Crippen molar-refractivity contribution in [3.8, 4) is 5.75 Å². The highest BCUT2D eigenvalue weighted by Crippen LogP contribution is 2.41. The molecule has 0 radical (unpaired) electrons. The summed E-state index contributed by atoms with van der Waals surface area (Å²) >= 11 is 0. The molecule has 0 bridgehead atoms. The summed E-state index contributed by atoms with van der Waals surface area (Å²) in [6.07, 6.45) is 0.543. The van der Waals surface area contributed by atoms with E-state index in [0.29, 0.717) is 11.3 Å². The van der Waals surface area contributed by atoms with Gasteiger partial charge in [0.1, 0.15) is 5.75 Å². The highest BCUT2D eigenvalue weighted by atomic mass is 16.5. The molecule has 4 rings (SSSR count). The molecule has 1 fully saturated rings. The van der Waals surface area contributed by atoms with Gasteiger partial charge in [0.25, 0.3) is 0 Å². The number of aryl methyl sites for hydroxylation is 1. The second kappa shape index (κ2) is 7.69. The molecule has 2 atom stereocenters. The second-order valence-electron chi connectivity index (χ2n) is 7.21. The van der Waals surface area contributed by atoms with Crippen molar-refractivity contribution in [2.45, 2.75) is 24.5 Å². The zero-order valence-corrected chi connectivity index (χ0v) is 15.9. The number of fused-ring (bicyclic) bond motifs is 1. The third-order valence-corrected chi connectivity index (χ3v) is 5.27. The summed E-state index contributed by atoms with van der Waals surface area (Å²) in [5, 5.41) is 21.3. The molecular weight excluding hydrogens is 372 g/mol. The molecule has 1 aliphatic heterocycles. The molecule has 3 N–H and O–H groups in total. The summed E-state index contributed by atoms with van der Waals surface area (Å²) < 4.78 is 7.51. The minimum atomic E-state index is -1.44. The van der Waals surface area contributed by atoms with Crippen LogP contribution in [-0.2, 0) is 16.6 Å². The summed E-state index contributed by atoms with van der Waals surface area (Å²) in [6.45, 7) is 0.129. The molecule has 0 aliphatic carbocycles. The number of aromatic nitrogens is 1. The highest BCUT2D eigenvalue weighted by Gasteiger charge is 2.44. The average Bonchev–Trinajstić information content (AvgIpc) is 3.17. The number of carbonyl (C=O) groups excluding carboxylic acids is 2. The number of rotatable bonds is 6. The van der Waals surface area contributed by atoms with Gasteiger partial charge in [-0.3, -0.25) is 14.9 Å². The van der Waals surface area contributed by atoms with Gasteiger partial charge in [-0.05, 0) is 29.3 Å². The number of benzene rings is 2. The van der Waals surface area contributed by atoms with Gasteiger partial charge in [-0.15, -0.1) is 0 Å². The van der Waals surface area contributed by atoms with Gasteiger partial charge >= 0.3 is 0 Å². The van der Waals surface area contributed by atoms with Crippen molar-refractivity contribution in [1.29, 1.82) is 0 Å². The Bertz CT molecular complexity index is 1070. The smallest absolute Gasteiger partial charge is 0.235 e. The number of carbonyl (C=O) groups is 2. The lowest BCUT2D eigenvalue weighted by atomic mass is 9.83. The zero-order valence-electron chi connectivity index (χ0n) is 15.9. The lowest BCUT2D eigenvalue weighted by molar-refractivity contribution is -0.125. The highest BCUT2D eigenvalue weighted by molar-refractivity contribution is 6.11. The molecule has 1 aliphatic rings. The van der Waals surface area contributed by atoms with E-state index < -0.39 is 18.1 Å². The molecule has 2 aromatic carbocycles. The van der Waals surface area contributed by atoms with Gasteiger partial charge in [-0.25, -0.2) is 0 Å². The molecular formula is C22H22N2O5. The zero-order chi connectivity index (χ0) is 20.5. The van der Waals surface area contributed by atoms with Crippen LogP contribution in [0.15, 0.2) is 54.7 Å². The van der Waals surface area contributed by atoms with Gasteiger partial charge in [-0.1, -0.05) is 30.3 Å². The van der Waals surface area contributed by atoms with Crippen LogP contribution in [0.3, 0.4) is 0 Å². The van der Waals surface area contributed by atoms with Crippen molar-refractivity contribution in [1.82, 2.24) is 9.88 Å². The summed E-state index contributed by atoms with van der Waals surface area (Å²) in [4.78, 5) is 25.4. The van der Waals surface area contributed by atoms with E-state index in [-0.39, 0.29) is 24.8 Å². The van der Waals surface area contributed by atoms with E-state index in [1.54, 1.807) is 24.3 Å². The van der Waals surface area contributed by atoms with Crippen LogP contribution in [0.1, 0.15) is 29.4 Å². The molecule has 0 unspecified atom stereocenters. The number of amides is 2. The van der Waals surface area contributed by atoms with E-state index in [0.717, 1.165) is 16.5 Å². The number of para-hydroxylation sites is 1. The minimum absolute atomic E-state index is 0.0747. The number of hydrogen-bond donors (Lipinski definition) is 3. The third-order valence-electron chi connectivity index (χ3n) is 5.27. The van der Waals surface area contributed by atoms with Crippen LogP contribution < -0.4 is 10.1 Å². The topological polar surface area (TPSA) is 101 Å². The molecule has 2 amide bonds. The van der Waals surface area contributed by atoms with Gasteiger partial charge in [-0.2, -0.15) is 0 Å². The van der Waals surface area contributed by atoms with Crippen LogP contribution in [0.4, 0.5) is 0 Å². The van der Waals surface area contributed by atoms with E-state index in [9.17, 15) is 9.59 Å². The molecule has 2 heterocycles. The Hall–Kier alpha value is -3.16. The van der Waals surface area contributed by atoms with E-state index in [4.69, 9.17) is 14.9 Å². The Morgan fingerprint density at radius 2 is 1.83 bits per heavy atom. The summed E-state index contributed by atoms with van der Waals surface area (Å²) in [5.41, 5.74) is 2.48. The molecule has 3 aromatic rings. The number of nitrogens with one attached hydrogen (secondary N) is 1. The standard InChI is InChI=1S/C22H22N2O5/c1-24-12-16(15-7-2-3-8-17(15)24)20-19(21(27)23-22(20)28)13-5-4-6-14(11-13)29-10-9-18(25)26/h2-8,11-12,18-20,25-26H,9-10H2,1H3,(H,23,27,28)/t19-,20-/m0/s1. The van der Waals surface area contributed by atoms with Crippen LogP contribution in [0.5, 0.6) is 5.75 Å². The maximum absolute atomic E-state index is 12.7. The molecule has 0 saturated carbocycles. The van der Waals surface area contributed by atoms with Crippen molar-refractivity contribution in [3.63, 3.8) is 0 Å². The molecule has 1 saturated heterocycles. The second-order valence-corrected chi connectivity index (χ2v) is 7.21.